The van der Waals surface area contributed by atoms with Crippen molar-refractivity contribution in [2.45, 2.75) is 4.90 Å². The highest BCUT2D eigenvalue weighted by atomic mass is 32.2. The zero-order valence-electron chi connectivity index (χ0n) is 8.96. The molecule has 0 aliphatic heterocycles. The maximum absolute atomic E-state index is 11.7. The summed E-state index contributed by atoms with van der Waals surface area (Å²) in [5, 5.41) is 4.08. The predicted octanol–water partition coefficient (Wildman–Crippen LogP) is 2.40. The fourth-order valence-corrected chi connectivity index (χ4v) is 2.10. The standard InChI is InChI=1S/C12H12N2OS/c1-14-8-7-11(13-14)12(15)9-16-10-5-3-2-4-6-10/h2-8H,9H2,1H3. The van der Waals surface area contributed by atoms with Crippen LogP contribution in [0.2, 0.25) is 0 Å². The number of Topliss-reactive ketones (excluding diaryl/α,β-unsaturated/α-hetero) is 1. The quantitative estimate of drug-likeness (QED) is 0.599. The largest absolute Gasteiger partial charge is 0.291 e. The Bertz CT molecular complexity index is 479. The molecule has 0 saturated heterocycles. The van der Waals surface area contributed by atoms with Gasteiger partial charge in [-0.2, -0.15) is 5.10 Å². The molecule has 0 bridgehead atoms. The minimum absolute atomic E-state index is 0.0643. The van der Waals surface area contributed by atoms with Crippen molar-refractivity contribution in [2.24, 2.45) is 7.05 Å². The molecule has 16 heavy (non-hydrogen) atoms. The second kappa shape index (κ2) is 4.99. The van der Waals surface area contributed by atoms with Crippen molar-refractivity contribution in [2.75, 3.05) is 5.75 Å². The van der Waals surface area contributed by atoms with Gasteiger partial charge >= 0.3 is 0 Å². The van der Waals surface area contributed by atoms with Crippen LogP contribution < -0.4 is 0 Å². The van der Waals surface area contributed by atoms with Crippen LogP contribution in [0.15, 0.2) is 47.5 Å². The third-order valence-corrected chi connectivity index (χ3v) is 3.12. The van der Waals surface area contributed by atoms with Crippen LogP contribution in [0.5, 0.6) is 0 Å². The summed E-state index contributed by atoms with van der Waals surface area (Å²) < 4.78 is 1.64. The van der Waals surface area contributed by atoms with Crippen LogP contribution in [0.25, 0.3) is 0 Å². The molecule has 0 spiro atoms. The van der Waals surface area contributed by atoms with Crippen LogP contribution in [0.4, 0.5) is 0 Å². The van der Waals surface area contributed by atoms with Crippen LogP contribution in [0.3, 0.4) is 0 Å². The summed E-state index contributed by atoms with van der Waals surface area (Å²) in [5.41, 5.74) is 0.533. The van der Waals surface area contributed by atoms with Crippen LogP contribution in [-0.4, -0.2) is 21.3 Å². The van der Waals surface area contributed by atoms with Gasteiger partial charge in [-0.25, -0.2) is 0 Å². The molecule has 3 nitrogen and oxygen atoms in total. The lowest BCUT2D eigenvalue weighted by Crippen LogP contribution is -2.04. The molecule has 0 fully saturated rings. The van der Waals surface area contributed by atoms with E-state index in [9.17, 15) is 4.79 Å². The molecular formula is C12H12N2OS. The second-order valence-corrected chi connectivity index (χ2v) is 4.45. The molecule has 1 aromatic heterocycles. The maximum Gasteiger partial charge on any atom is 0.193 e. The Labute approximate surface area is 98.5 Å². The van der Waals surface area contributed by atoms with Gasteiger partial charge in [0.05, 0.1) is 5.75 Å². The molecule has 0 unspecified atom stereocenters. The average molecular weight is 232 g/mol. The van der Waals surface area contributed by atoms with Crippen LogP contribution in [0.1, 0.15) is 10.5 Å². The lowest BCUT2D eigenvalue weighted by atomic mass is 10.3. The summed E-state index contributed by atoms with van der Waals surface area (Å²) in [4.78, 5) is 12.8. The maximum atomic E-state index is 11.7. The van der Waals surface area contributed by atoms with E-state index in [1.165, 1.54) is 11.8 Å². The highest BCUT2D eigenvalue weighted by molar-refractivity contribution is 8.00. The third kappa shape index (κ3) is 2.73. The fourth-order valence-electron chi connectivity index (χ4n) is 1.30. The number of hydrogen-bond donors (Lipinski definition) is 0. The monoisotopic (exact) mass is 232 g/mol. The summed E-state index contributed by atoms with van der Waals surface area (Å²) in [6.07, 6.45) is 1.78. The lowest BCUT2D eigenvalue weighted by Gasteiger charge is -1.98. The third-order valence-electron chi connectivity index (χ3n) is 2.11. The van der Waals surface area contributed by atoms with Crippen molar-refractivity contribution in [3.05, 3.63) is 48.3 Å². The summed E-state index contributed by atoms with van der Waals surface area (Å²) in [6.45, 7) is 0. The van der Waals surface area contributed by atoms with Crippen molar-refractivity contribution in [3.8, 4) is 0 Å². The number of aromatic nitrogens is 2. The summed E-state index contributed by atoms with van der Waals surface area (Å²) in [5.74, 6) is 0.496. The van der Waals surface area contributed by atoms with Crippen molar-refractivity contribution < 1.29 is 4.79 Å². The molecule has 0 radical (unpaired) electrons. The highest BCUT2D eigenvalue weighted by Crippen LogP contribution is 2.17. The van der Waals surface area contributed by atoms with E-state index in [-0.39, 0.29) is 5.78 Å². The van der Waals surface area contributed by atoms with E-state index in [1.54, 1.807) is 24.0 Å². The first-order valence-corrected chi connectivity index (χ1v) is 5.95. The number of ketones is 1. The Morgan fingerprint density at radius 2 is 2.06 bits per heavy atom. The van der Waals surface area contributed by atoms with E-state index in [4.69, 9.17) is 0 Å². The van der Waals surface area contributed by atoms with Crippen LogP contribution >= 0.6 is 11.8 Å². The number of carbonyl (C=O) groups excluding carboxylic acids is 1. The summed E-state index contributed by atoms with van der Waals surface area (Å²) >= 11 is 1.53. The average Bonchev–Trinajstić information content (AvgIpc) is 2.74. The number of hydrogen-bond acceptors (Lipinski definition) is 3. The van der Waals surface area contributed by atoms with Gasteiger partial charge in [0.2, 0.25) is 0 Å². The first kappa shape index (κ1) is 11.0. The van der Waals surface area contributed by atoms with Gasteiger partial charge in [0, 0.05) is 18.1 Å². The Hall–Kier alpha value is -1.55. The van der Waals surface area contributed by atoms with Gasteiger partial charge < -0.3 is 0 Å². The first-order chi connectivity index (χ1) is 7.75. The fraction of sp³-hybridized carbons (Fsp3) is 0.167. The molecule has 0 N–H and O–H groups in total. The van der Waals surface area contributed by atoms with Gasteiger partial charge in [0.1, 0.15) is 5.69 Å². The van der Waals surface area contributed by atoms with Gasteiger partial charge in [-0.05, 0) is 18.2 Å². The lowest BCUT2D eigenvalue weighted by molar-refractivity contribution is 0.101. The van der Waals surface area contributed by atoms with E-state index in [0.29, 0.717) is 11.4 Å². The minimum Gasteiger partial charge on any atom is -0.291 e. The Morgan fingerprint density at radius 3 is 2.69 bits per heavy atom. The van der Waals surface area contributed by atoms with Gasteiger partial charge in [0.25, 0.3) is 0 Å². The summed E-state index contributed by atoms with van der Waals surface area (Å²) in [7, 11) is 1.81. The molecule has 1 aromatic carbocycles. The van der Waals surface area contributed by atoms with Crippen molar-refractivity contribution >= 4 is 17.5 Å². The first-order valence-electron chi connectivity index (χ1n) is 4.96. The van der Waals surface area contributed by atoms with E-state index in [2.05, 4.69) is 5.10 Å². The molecule has 4 heteroatoms. The number of thioether (sulfide) groups is 1. The molecule has 0 aliphatic carbocycles. The number of benzene rings is 1. The SMILES string of the molecule is Cn1ccc(C(=O)CSc2ccccc2)n1. The molecule has 1 heterocycles. The zero-order valence-corrected chi connectivity index (χ0v) is 9.78. The molecular weight excluding hydrogens is 220 g/mol. The molecule has 2 rings (SSSR count). The summed E-state index contributed by atoms with van der Waals surface area (Å²) in [6, 6.07) is 11.6. The number of aryl methyl sites for hydroxylation is 1. The van der Waals surface area contributed by atoms with Crippen LogP contribution in [0, 0.1) is 0 Å². The number of rotatable bonds is 4. The van der Waals surface area contributed by atoms with E-state index < -0.39 is 0 Å². The Morgan fingerprint density at radius 1 is 1.31 bits per heavy atom. The molecule has 0 amide bonds. The van der Waals surface area contributed by atoms with Gasteiger partial charge in [-0.3, -0.25) is 9.48 Å². The van der Waals surface area contributed by atoms with Gasteiger partial charge in [-0.15, -0.1) is 11.8 Å². The van der Waals surface area contributed by atoms with Gasteiger partial charge in [0.15, 0.2) is 5.78 Å². The second-order valence-electron chi connectivity index (χ2n) is 3.40. The van der Waals surface area contributed by atoms with Gasteiger partial charge in [-0.1, -0.05) is 18.2 Å². The zero-order chi connectivity index (χ0) is 11.4. The number of nitrogens with zero attached hydrogens (tertiary/aromatic N) is 2. The Balaban J connectivity index is 1.94. The topological polar surface area (TPSA) is 34.9 Å². The molecule has 0 saturated carbocycles. The Kier molecular flexibility index (Phi) is 3.41. The van der Waals surface area contributed by atoms with Crippen molar-refractivity contribution in [1.82, 2.24) is 9.78 Å². The van der Waals surface area contributed by atoms with E-state index in [0.717, 1.165) is 4.90 Å². The normalized spacial score (nSPS) is 10.3. The van der Waals surface area contributed by atoms with E-state index >= 15 is 0 Å². The molecule has 0 atom stereocenters. The molecule has 2 aromatic rings. The highest BCUT2D eigenvalue weighted by Gasteiger charge is 2.08. The molecule has 0 aliphatic rings. The van der Waals surface area contributed by atoms with Crippen molar-refractivity contribution in [3.63, 3.8) is 0 Å². The molecule has 82 valence electrons. The predicted molar refractivity (Wildman–Crippen MR) is 64.7 cm³/mol. The van der Waals surface area contributed by atoms with Crippen molar-refractivity contribution in [1.29, 1.82) is 0 Å². The van der Waals surface area contributed by atoms with Crippen LogP contribution in [-0.2, 0) is 7.05 Å². The minimum atomic E-state index is 0.0643. The number of carbonyl (C=O) groups is 1. The van der Waals surface area contributed by atoms with E-state index in [1.807, 2.05) is 30.3 Å². The smallest absolute Gasteiger partial charge is 0.193 e.